The lowest BCUT2D eigenvalue weighted by Gasteiger charge is -2.34. The summed E-state index contributed by atoms with van der Waals surface area (Å²) in [6, 6.07) is 6.37. The number of fused-ring (bicyclic) bond motifs is 2. The average molecular weight is 446 g/mol. The van der Waals surface area contributed by atoms with Crippen molar-refractivity contribution in [1.29, 1.82) is 0 Å². The number of hydrogen-bond donors (Lipinski definition) is 1. The summed E-state index contributed by atoms with van der Waals surface area (Å²) in [5, 5.41) is 0. The van der Waals surface area contributed by atoms with E-state index in [9.17, 15) is 9.59 Å². The van der Waals surface area contributed by atoms with E-state index in [1.54, 1.807) is 27.7 Å². The quantitative estimate of drug-likeness (QED) is 0.716. The number of imidazole rings is 1. The highest BCUT2D eigenvalue weighted by atomic mass is 16.8. The number of nitrogens with zero attached hydrogens (tertiary/aromatic N) is 2. The van der Waals surface area contributed by atoms with E-state index in [-0.39, 0.29) is 13.0 Å². The van der Waals surface area contributed by atoms with Crippen LogP contribution in [0.15, 0.2) is 24.3 Å². The maximum atomic E-state index is 13.4. The van der Waals surface area contributed by atoms with Crippen LogP contribution in [0.25, 0.3) is 11.0 Å². The third-order valence-corrected chi connectivity index (χ3v) is 5.48. The normalized spacial score (nSPS) is 26.9. The Morgan fingerprint density at radius 2 is 1.88 bits per heavy atom. The number of benzene rings is 1. The molecule has 2 aromatic rings. The van der Waals surface area contributed by atoms with Gasteiger partial charge in [0.2, 0.25) is 0 Å². The summed E-state index contributed by atoms with van der Waals surface area (Å²) < 4.78 is 23.3. The van der Waals surface area contributed by atoms with Crippen molar-refractivity contribution in [2.75, 3.05) is 6.61 Å². The summed E-state index contributed by atoms with van der Waals surface area (Å²) in [5.74, 6) is -0.727. The van der Waals surface area contributed by atoms with Gasteiger partial charge < -0.3 is 23.9 Å². The highest BCUT2D eigenvalue weighted by molar-refractivity contribution is 5.76. The molecule has 1 aromatic carbocycles. The van der Waals surface area contributed by atoms with Gasteiger partial charge in [0, 0.05) is 0 Å². The first kappa shape index (κ1) is 22.5. The molecule has 0 bridgehead atoms. The summed E-state index contributed by atoms with van der Waals surface area (Å²) >= 11 is 0. The first-order valence-corrected chi connectivity index (χ1v) is 11.0. The number of amides is 1. The van der Waals surface area contributed by atoms with Gasteiger partial charge in [-0.15, -0.1) is 0 Å². The predicted octanol–water partition coefficient (Wildman–Crippen LogP) is 3.70. The Hall–Kier alpha value is -2.65. The second kappa shape index (κ2) is 8.04. The van der Waals surface area contributed by atoms with Crippen molar-refractivity contribution >= 4 is 23.1 Å². The Bertz CT molecular complexity index is 978. The number of aromatic amines is 1. The van der Waals surface area contributed by atoms with Crippen molar-refractivity contribution in [2.45, 2.75) is 83.6 Å². The van der Waals surface area contributed by atoms with E-state index in [0.717, 1.165) is 11.0 Å². The van der Waals surface area contributed by atoms with Crippen LogP contribution in [0.1, 0.15) is 59.8 Å². The van der Waals surface area contributed by atoms with E-state index in [2.05, 4.69) is 4.98 Å². The summed E-state index contributed by atoms with van der Waals surface area (Å²) in [7, 11) is 0. The van der Waals surface area contributed by atoms with Gasteiger partial charge in [-0.3, -0.25) is 9.69 Å². The molecule has 2 fully saturated rings. The van der Waals surface area contributed by atoms with Crippen molar-refractivity contribution in [3.63, 3.8) is 0 Å². The largest absolute Gasteiger partial charge is 0.466 e. The van der Waals surface area contributed by atoms with Gasteiger partial charge in [-0.25, -0.2) is 9.78 Å². The van der Waals surface area contributed by atoms with Gasteiger partial charge in [0.15, 0.2) is 5.79 Å². The minimum atomic E-state index is -0.869. The molecule has 4 rings (SSSR count). The third kappa shape index (κ3) is 4.31. The second-order valence-corrected chi connectivity index (χ2v) is 9.61. The fourth-order valence-electron chi connectivity index (χ4n) is 4.45. The van der Waals surface area contributed by atoms with Crippen molar-refractivity contribution in [1.82, 2.24) is 14.9 Å². The fourth-order valence-corrected chi connectivity index (χ4v) is 4.45. The van der Waals surface area contributed by atoms with E-state index < -0.39 is 47.7 Å². The number of hydrogen-bond acceptors (Lipinski definition) is 7. The van der Waals surface area contributed by atoms with E-state index in [4.69, 9.17) is 23.9 Å². The highest BCUT2D eigenvalue weighted by Crippen LogP contribution is 2.48. The number of carbonyl (C=O) groups is 2. The molecular formula is C23H31N3O6. The molecule has 2 saturated heterocycles. The third-order valence-electron chi connectivity index (χ3n) is 5.48. The molecule has 0 unspecified atom stereocenters. The van der Waals surface area contributed by atoms with E-state index in [0.29, 0.717) is 5.82 Å². The Morgan fingerprint density at radius 3 is 2.53 bits per heavy atom. The molecule has 1 N–H and O–H groups in total. The number of H-pyrrole nitrogens is 1. The van der Waals surface area contributed by atoms with Crippen LogP contribution in [0.3, 0.4) is 0 Å². The van der Waals surface area contributed by atoms with Gasteiger partial charge in [-0.2, -0.15) is 0 Å². The molecule has 9 heteroatoms. The average Bonchev–Trinajstić information content (AvgIpc) is 3.30. The van der Waals surface area contributed by atoms with Crippen LogP contribution in [-0.4, -0.2) is 63.2 Å². The first-order chi connectivity index (χ1) is 15.0. The predicted molar refractivity (Wildman–Crippen MR) is 116 cm³/mol. The summed E-state index contributed by atoms with van der Waals surface area (Å²) in [6.45, 7) is 11.0. The maximum absolute atomic E-state index is 13.4. The molecule has 174 valence electrons. The van der Waals surface area contributed by atoms with Crippen LogP contribution in [0, 0.1) is 0 Å². The number of carbonyl (C=O) groups excluding carboxylic acids is 2. The lowest BCUT2D eigenvalue weighted by atomic mass is 10.1. The summed E-state index contributed by atoms with van der Waals surface area (Å²) in [5.41, 5.74) is 0.897. The molecular weight excluding hydrogens is 414 g/mol. The topological polar surface area (TPSA) is 103 Å². The minimum Gasteiger partial charge on any atom is -0.466 e. The molecule has 0 spiro atoms. The van der Waals surface area contributed by atoms with Crippen LogP contribution in [-0.2, 0) is 23.7 Å². The Morgan fingerprint density at radius 1 is 1.19 bits per heavy atom. The number of esters is 1. The van der Waals surface area contributed by atoms with Crippen LogP contribution in [0.5, 0.6) is 0 Å². The van der Waals surface area contributed by atoms with Gasteiger partial charge >= 0.3 is 12.1 Å². The zero-order chi connectivity index (χ0) is 23.3. The molecule has 1 aromatic heterocycles. The lowest BCUT2D eigenvalue weighted by molar-refractivity contribution is -0.170. The number of rotatable bonds is 4. The molecule has 9 nitrogen and oxygen atoms in total. The first-order valence-electron chi connectivity index (χ1n) is 11.0. The number of para-hydroxylation sites is 2. The van der Waals surface area contributed by atoms with E-state index in [1.807, 2.05) is 38.1 Å². The SMILES string of the molecule is CCOC(=O)C[C@H]1[C@H]2OC(C)(C)O[C@H]2[C@H](c2nc3ccccc3[nH]2)N1C(=O)OC(C)(C)C. The maximum Gasteiger partial charge on any atom is 0.411 e. The van der Waals surface area contributed by atoms with Crippen molar-refractivity contribution in [3.05, 3.63) is 30.1 Å². The van der Waals surface area contributed by atoms with Crippen molar-refractivity contribution in [2.24, 2.45) is 0 Å². The molecule has 1 amide bonds. The van der Waals surface area contributed by atoms with Gasteiger partial charge in [-0.1, -0.05) is 12.1 Å². The smallest absolute Gasteiger partial charge is 0.411 e. The van der Waals surface area contributed by atoms with Crippen molar-refractivity contribution < 1.29 is 28.5 Å². The summed E-state index contributed by atoms with van der Waals surface area (Å²) in [6.07, 6.45) is -1.67. The molecule has 3 heterocycles. The number of nitrogens with one attached hydrogen (secondary N) is 1. The van der Waals surface area contributed by atoms with Crippen LogP contribution < -0.4 is 0 Å². The molecule has 0 saturated carbocycles. The van der Waals surface area contributed by atoms with Gasteiger partial charge in [0.05, 0.1) is 30.1 Å². The Balaban J connectivity index is 1.79. The summed E-state index contributed by atoms with van der Waals surface area (Å²) in [4.78, 5) is 35.4. The van der Waals surface area contributed by atoms with Crippen LogP contribution in [0.2, 0.25) is 0 Å². The second-order valence-electron chi connectivity index (χ2n) is 9.61. The molecule has 4 atom stereocenters. The number of ether oxygens (including phenoxy) is 4. The Kier molecular flexibility index (Phi) is 5.67. The Labute approximate surface area is 187 Å². The molecule has 0 radical (unpaired) electrons. The van der Waals surface area contributed by atoms with Crippen LogP contribution in [0.4, 0.5) is 4.79 Å². The number of aromatic nitrogens is 2. The number of likely N-dealkylation sites (tertiary alicyclic amines) is 1. The van der Waals surface area contributed by atoms with E-state index >= 15 is 0 Å². The molecule has 2 aliphatic rings. The zero-order valence-corrected chi connectivity index (χ0v) is 19.4. The van der Waals surface area contributed by atoms with Gasteiger partial charge in [-0.05, 0) is 53.7 Å². The van der Waals surface area contributed by atoms with E-state index in [1.165, 1.54) is 4.90 Å². The standard InChI is InChI=1S/C23H31N3O6/c1-7-29-16(27)12-15-18-19(31-23(5,6)30-18)17(26(15)21(28)32-22(2,3)4)20-24-13-10-8-9-11-14(13)25-20/h8-11,15,17-19H,7,12H2,1-6H3,(H,24,25)/t15-,17+,18+,19-/m0/s1. The van der Waals surface area contributed by atoms with Gasteiger partial charge in [0.25, 0.3) is 0 Å². The zero-order valence-electron chi connectivity index (χ0n) is 19.4. The van der Waals surface area contributed by atoms with Crippen molar-refractivity contribution in [3.8, 4) is 0 Å². The monoisotopic (exact) mass is 445 g/mol. The van der Waals surface area contributed by atoms with Gasteiger partial charge in [0.1, 0.15) is 29.7 Å². The molecule has 32 heavy (non-hydrogen) atoms. The highest BCUT2D eigenvalue weighted by Gasteiger charge is 2.61. The van der Waals surface area contributed by atoms with Crippen LogP contribution >= 0.6 is 0 Å². The molecule has 2 aliphatic heterocycles. The molecule has 0 aliphatic carbocycles. The fraction of sp³-hybridized carbons (Fsp3) is 0.609. The minimum absolute atomic E-state index is 0.0373. The lowest BCUT2D eigenvalue weighted by Crippen LogP contribution is -2.46.